The van der Waals surface area contributed by atoms with Crippen molar-refractivity contribution in [2.45, 2.75) is 45.7 Å². The van der Waals surface area contributed by atoms with Crippen molar-refractivity contribution < 1.29 is 4.74 Å². The first-order valence-electron chi connectivity index (χ1n) is 7.09. The monoisotopic (exact) mass is 251 g/mol. The van der Waals surface area contributed by atoms with Crippen LogP contribution in [0.2, 0.25) is 0 Å². The Morgan fingerprint density at radius 2 is 2.39 bits per heavy atom. The largest absolute Gasteiger partial charge is 0.381 e. The van der Waals surface area contributed by atoms with Gasteiger partial charge in [0.2, 0.25) is 0 Å². The molecule has 0 bridgehead atoms. The quantitative estimate of drug-likeness (QED) is 0.835. The van der Waals surface area contributed by atoms with Gasteiger partial charge in [0.15, 0.2) is 0 Å². The normalized spacial score (nSPS) is 21.4. The molecule has 4 heteroatoms. The van der Waals surface area contributed by atoms with Gasteiger partial charge in [0.05, 0.1) is 12.3 Å². The molecule has 18 heavy (non-hydrogen) atoms. The van der Waals surface area contributed by atoms with Crippen LogP contribution >= 0.6 is 0 Å². The molecule has 0 amide bonds. The van der Waals surface area contributed by atoms with Gasteiger partial charge >= 0.3 is 0 Å². The number of nitrogens with zero attached hydrogens (tertiary/aromatic N) is 2. The van der Waals surface area contributed by atoms with Crippen LogP contribution in [0.25, 0.3) is 0 Å². The van der Waals surface area contributed by atoms with E-state index in [1.165, 1.54) is 17.8 Å². The summed E-state index contributed by atoms with van der Waals surface area (Å²) in [6, 6.07) is 2.75. The fraction of sp³-hybridized carbons (Fsp3) is 0.786. The van der Waals surface area contributed by atoms with Crippen molar-refractivity contribution >= 4 is 0 Å². The minimum atomic E-state index is 0.499. The van der Waals surface area contributed by atoms with Crippen molar-refractivity contribution in [3.63, 3.8) is 0 Å². The lowest BCUT2D eigenvalue weighted by molar-refractivity contribution is 0.177. The van der Waals surface area contributed by atoms with E-state index in [1.807, 2.05) is 0 Å². The summed E-state index contributed by atoms with van der Waals surface area (Å²) in [5, 5.41) is 8.07. The molecular formula is C14H25N3O. The molecule has 1 aromatic rings. The maximum Gasteiger partial charge on any atom is 0.0624 e. The number of rotatable bonds is 6. The third-order valence-electron chi connectivity index (χ3n) is 3.91. The van der Waals surface area contributed by atoms with Gasteiger partial charge in [0, 0.05) is 37.2 Å². The minimum absolute atomic E-state index is 0.499. The molecule has 1 aromatic heterocycles. The van der Waals surface area contributed by atoms with Crippen LogP contribution in [0, 0.1) is 5.92 Å². The second kappa shape index (κ2) is 6.34. The fourth-order valence-electron chi connectivity index (χ4n) is 2.73. The summed E-state index contributed by atoms with van der Waals surface area (Å²) in [5.74, 6) is 0.639. The second-order valence-electron chi connectivity index (χ2n) is 5.02. The molecule has 1 aliphatic heterocycles. The summed E-state index contributed by atoms with van der Waals surface area (Å²) in [5.41, 5.74) is 2.55. The van der Waals surface area contributed by atoms with E-state index in [9.17, 15) is 0 Å². The minimum Gasteiger partial charge on any atom is -0.381 e. The van der Waals surface area contributed by atoms with Gasteiger partial charge in [0.25, 0.3) is 0 Å². The van der Waals surface area contributed by atoms with Crippen molar-refractivity contribution in [2.24, 2.45) is 5.92 Å². The molecule has 2 unspecified atom stereocenters. The average molecular weight is 251 g/mol. The molecule has 2 atom stereocenters. The standard InChI is InChI=1S/C14H25N3O/c1-4-12-8-13(17(5-2)16-12)9-14(15-3)11-6-7-18-10-11/h8,11,14-15H,4-7,9-10H2,1-3H3. The maximum absolute atomic E-state index is 5.50. The Balaban J connectivity index is 2.07. The molecule has 0 saturated carbocycles. The number of aryl methyl sites for hydroxylation is 2. The summed E-state index contributed by atoms with van der Waals surface area (Å²) in [6.45, 7) is 7.07. The first-order valence-corrected chi connectivity index (χ1v) is 7.09. The Bertz CT molecular complexity index is 369. The highest BCUT2D eigenvalue weighted by atomic mass is 16.5. The van der Waals surface area contributed by atoms with E-state index >= 15 is 0 Å². The number of ether oxygens (including phenoxy) is 1. The van der Waals surface area contributed by atoms with E-state index < -0.39 is 0 Å². The number of nitrogens with one attached hydrogen (secondary N) is 1. The van der Waals surface area contributed by atoms with E-state index in [1.54, 1.807) is 0 Å². The summed E-state index contributed by atoms with van der Waals surface area (Å²) in [6.07, 6.45) is 3.23. The molecule has 1 aliphatic rings. The summed E-state index contributed by atoms with van der Waals surface area (Å²) < 4.78 is 7.64. The third-order valence-corrected chi connectivity index (χ3v) is 3.91. The number of hydrogen-bond acceptors (Lipinski definition) is 3. The van der Waals surface area contributed by atoms with Gasteiger partial charge < -0.3 is 10.1 Å². The number of likely N-dealkylation sites (N-methyl/N-ethyl adjacent to an activating group) is 1. The lowest BCUT2D eigenvalue weighted by Gasteiger charge is -2.22. The average Bonchev–Trinajstić information content (AvgIpc) is 3.04. The van der Waals surface area contributed by atoms with E-state index in [2.05, 4.69) is 42.1 Å². The zero-order valence-electron chi connectivity index (χ0n) is 11.8. The van der Waals surface area contributed by atoms with Crippen LogP contribution < -0.4 is 5.32 Å². The highest BCUT2D eigenvalue weighted by Gasteiger charge is 2.25. The van der Waals surface area contributed by atoms with Crippen LogP contribution in [-0.2, 0) is 24.1 Å². The van der Waals surface area contributed by atoms with E-state index in [-0.39, 0.29) is 0 Å². The van der Waals surface area contributed by atoms with Crippen molar-refractivity contribution in [1.82, 2.24) is 15.1 Å². The molecule has 1 saturated heterocycles. The van der Waals surface area contributed by atoms with Gasteiger partial charge in [-0.25, -0.2) is 0 Å². The Morgan fingerprint density at radius 3 is 2.94 bits per heavy atom. The number of aromatic nitrogens is 2. The lowest BCUT2D eigenvalue weighted by Crippen LogP contribution is -2.36. The molecule has 0 aromatic carbocycles. The van der Waals surface area contributed by atoms with Gasteiger partial charge in [-0.2, -0.15) is 5.10 Å². The Hall–Kier alpha value is -0.870. The highest BCUT2D eigenvalue weighted by Crippen LogP contribution is 2.20. The molecule has 0 spiro atoms. The van der Waals surface area contributed by atoms with Crippen LogP contribution in [0.3, 0.4) is 0 Å². The molecule has 0 radical (unpaired) electrons. The highest BCUT2D eigenvalue weighted by molar-refractivity contribution is 5.12. The van der Waals surface area contributed by atoms with Crippen molar-refractivity contribution in [3.8, 4) is 0 Å². The van der Waals surface area contributed by atoms with Crippen LogP contribution in [-0.4, -0.2) is 36.1 Å². The van der Waals surface area contributed by atoms with Gasteiger partial charge in [-0.1, -0.05) is 6.92 Å². The van der Waals surface area contributed by atoms with Crippen LogP contribution in [0.1, 0.15) is 31.7 Å². The number of hydrogen-bond donors (Lipinski definition) is 1. The summed E-state index contributed by atoms with van der Waals surface area (Å²) in [4.78, 5) is 0. The van der Waals surface area contributed by atoms with Crippen LogP contribution in [0.4, 0.5) is 0 Å². The van der Waals surface area contributed by atoms with Gasteiger partial charge in [0.1, 0.15) is 0 Å². The predicted molar refractivity (Wildman–Crippen MR) is 72.8 cm³/mol. The van der Waals surface area contributed by atoms with Crippen molar-refractivity contribution in [2.75, 3.05) is 20.3 Å². The maximum atomic E-state index is 5.50. The van der Waals surface area contributed by atoms with Gasteiger partial charge in [-0.05, 0) is 32.9 Å². The molecule has 4 nitrogen and oxygen atoms in total. The zero-order valence-corrected chi connectivity index (χ0v) is 11.8. The Kier molecular flexibility index (Phi) is 4.78. The first-order chi connectivity index (χ1) is 8.78. The first kappa shape index (κ1) is 13.6. The van der Waals surface area contributed by atoms with Gasteiger partial charge in [-0.3, -0.25) is 4.68 Å². The summed E-state index contributed by atoms with van der Waals surface area (Å²) in [7, 11) is 2.05. The van der Waals surface area contributed by atoms with Gasteiger partial charge in [-0.15, -0.1) is 0 Å². The molecule has 102 valence electrons. The van der Waals surface area contributed by atoms with E-state index in [0.29, 0.717) is 12.0 Å². The van der Waals surface area contributed by atoms with Crippen LogP contribution in [0.5, 0.6) is 0 Å². The third kappa shape index (κ3) is 2.93. The second-order valence-corrected chi connectivity index (χ2v) is 5.02. The van der Waals surface area contributed by atoms with Crippen molar-refractivity contribution in [3.05, 3.63) is 17.5 Å². The van der Waals surface area contributed by atoms with E-state index in [0.717, 1.165) is 32.6 Å². The topological polar surface area (TPSA) is 39.1 Å². The smallest absolute Gasteiger partial charge is 0.0624 e. The zero-order chi connectivity index (χ0) is 13.0. The molecule has 0 aliphatic carbocycles. The predicted octanol–water partition coefficient (Wildman–Crippen LogP) is 1.63. The SMILES string of the molecule is CCc1cc(CC(NC)C2CCOC2)n(CC)n1. The Morgan fingerprint density at radius 1 is 1.56 bits per heavy atom. The molecule has 1 N–H and O–H groups in total. The lowest BCUT2D eigenvalue weighted by atomic mass is 9.95. The van der Waals surface area contributed by atoms with Crippen LogP contribution in [0.15, 0.2) is 6.07 Å². The molecule has 1 fully saturated rings. The van der Waals surface area contributed by atoms with Crippen molar-refractivity contribution in [1.29, 1.82) is 0 Å². The Labute approximate surface area is 110 Å². The molecule has 2 rings (SSSR count). The fourth-order valence-corrected chi connectivity index (χ4v) is 2.73. The summed E-state index contributed by atoms with van der Waals surface area (Å²) >= 11 is 0. The molecule has 2 heterocycles. The van der Waals surface area contributed by atoms with E-state index in [4.69, 9.17) is 4.74 Å². The molecular weight excluding hydrogens is 226 g/mol.